The Morgan fingerprint density at radius 3 is 2.94 bits per heavy atom. The summed E-state index contributed by atoms with van der Waals surface area (Å²) in [7, 11) is 1.73. The molecule has 0 unspecified atom stereocenters. The number of allylic oxidation sites excluding steroid dienone is 1. The predicted molar refractivity (Wildman–Crippen MR) is 126 cm³/mol. The smallest absolute Gasteiger partial charge is 0.323 e. The third-order valence-corrected chi connectivity index (χ3v) is 5.09. The fourth-order valence-electron chi connectivity index (χ4n) is 3.29. The number of nitrogens with zero attached hydrogens (tertiary/aromatic N) is 3. The number of nitrogens with one attached hydrogen (secondary N) is 1. The standard InChI is InChI=1S/C24H29N5O3/c1-17(2)20-6-4-5-7-21(20)32-13-12-28(3)22(30)9-8-18-14-19-16-29(11-10-25)24(31)27-23(19)26-15-18/h4-9,14-15H,1,10-13,16,25H2,2-3H3,(H,26,27,31)/b9-8+. The van der Waals surface area contributed by atoms with Crippen molar-refractivity contribution in [3.8, 4) is 5.75 Å². The van der Waals surface area contributed by atoms with Crippen LogP contribution in [-0.4, -0.2) is 60.0 Å². The molecule has 8 nitrogen and oxygen atoms in total. The molecule has 2 aromatic rings. The minimum Gasteiger partial charge on any atom is -0.491 e. The van der Waals surface area contributed by atoms with Crippen molar-refractivity contribution in [1.29, 1.82) is 0 Å². The topological polar surface area (TPSA) is 101 Å². The molecule has 0 spiro atoms. The van der Waals surface area contributed by atoms with Gasteiger partial charge in [-0.3, -0.25) is 10.1 Å². The highest BCUT2D eigenvalue weighted by Gasteiger charge is 2.22. The molecule has 0 saturated carbocycles. The van der Waals surface area contributed by atoms with Gasteiger partial charge in [-0.15, -0.1) is 0 Å². The monoisotopic (exact) mass is 435 g/mol. The first-order chi connectivity index (χ1) is 15.4. The molecule has 1 aliphatic rings. The summed E-state index contributed by atoms with van der Waals surface area (Å²) < 4.78 is 5.85. The molecule has 3 N–H and O–H groups in total. The van der Waals surface area contributed by atoms with E-state index in [1.807, 2.05) is 37.3 Å². The second kappa shape index (κ2) is 10.6. The van der Waals surface area contributed by atoms with Crippen LogP contribution in [0.25, 0.3) is 11.6 Å². The van der Waals surface area contributed by atoms with Crippen LogP contribution in [0.1, 0.15) is 23.6 Å². The molecular weight excluding hydrogens is 406 g/mol. The average molecular weight is 436 g/mol. The maximum absolute atomic E-state index is 12.5. The van der Waals surface area contributed by atoms with E-state index in [9.17, 15) is 9.59 Å². The predicted octanol–water partition coefficient (Wildman–Crippen LogP) is 2.97. The van der Waals surface area contributed by atoms with Gasteiger partial charge in [0, 0.05) is 43.5 Å². The van der Waals surface area contributed by atoms with Crippen LogP contribution in [0.4, 0.5) is 10.6 Å². The summed E-state index contributed by atoms with van der Waals surface area (Å²) in [4.78, 5) is 32.0. The normalized spacial score (nSPS) is 13.0. The van der Waals surface area contributed by atoms with Crippen LogP contribution in [-0.2, 0) is 11.3 Å². The summed E-state index contributed by atoms with van der Waals surface area (Å²) in [5, 5.41) is 2.75. The number of fused-ring (bicyclic) bond motifs is 1. The van der Waals surface area contributed by atoms with E-state index in [0.717, 1.165) is 28.0 Å². The highest BCUT2D eigenvalue weighted by Crippen LogP contribution is 2.24. The molecule has 0 radical (unpaired) electrons. The van der Waals surface area contributed by atoms with Gasteiger partial charge in [-0.1, -0.05) is 24.8 Å². The molecule has 1 aromatic heterocycles. The third kappa shape index (κ3) is 5.73. The van der Waals surface area contributed by atoms with Crippen LogP contribution in [0.5, 0.6) is 5.75 Å². The highest BCUT2D eigenvalue weighted by molar-refractivity contribution is 5.93. The van der Waals surface area contributed by atoms with Gasteiger partial charge >= 0.3 is 6.03 Å². The first-order valence-electron chi connectivity index (χ1n) is 10.4. The zero-order chi connectivity index (χ0) is 23.1. The van der Waals surface area contributed by atoms with E-state index in [1.54, 1.807) is 29.1 Å². The van der Waals surface area contributed by atoms with E-state index in [4.69, 9.17) is 10.5 Å². The molecule has 0 fully saturated rings. The number of anilines is 1. The molecule has 3 rings (SSSR count). The van der Waals surface area contributed by atoms with Crippen molar-refractivity contribution >= 4 is 29.4 Å². The van der Waals surface area contributed by atoms with E-state index in [1.165, 1.54) is 6.08 Å². The van der Waals surface area contributed by atoms with Crippen molar-refractivity contribution in [2.45, 2.75) is 13.5 Å². The number of hydrogen-bond acceptors (Lipinski definition) is 5. The Labute approximate surface area is 188 Å². The summed E-state index contributed by atoms with van der Waals surface area (Å²) in [5.41, 5.74) is 9.11. The molecule has 0 bridgehead atoms. The van der Waals surface area contributed by atoms with Gasteiger partial charge in [-0.05, 0) is 36.3 Å². The van der Waals surface area contributed by atoms with Gasteiger partial charge in [0.15, 0.2) is 0 Å². The molecule has 1 aliphatic heterocycles. The summed E-state index contributed by atoms with van der Waals surface area (Å²) in [5.74, 6) is 1.15. The number of urea groups is 1. The van der Waals surface area contributed by atoms with Gasteiger partial charge in [0.05, 0.1) is 13.1 Å². The van der Waals surface area contributed by atoms with E-state index >= 15 is 0 Å². The Bertz CT molecular complexity index is 1030. The largest absolute Gasteiger partial charge is 0.491 e. The summed E-state index contributed by atoms with van der Waals surface area (Å²) >= 11 is 0. The number of benzene rings is 1. The Hall–Kier alpha value is -3.65. The zero-order valence-electron chi connectivity index (χ0n) is 18.5. The number of carbonyl (C=O) groups excluding carboxylic acids is 2. The molecule has 0 saturated heterocycles. The zero-order valence-corrected chi connectivity index (χ0v) is 18.5. The van der Waals surface area contributed by atoms with Crippen LogP contribution in [0.2, 0.25) is 0 Å². The van der Waals surface area contributed by atoms with E-state index in [2.05, 4.69) is 16.9 Å². The van der Waals surface area contributed by atoms with Crippen LogP contribution >= 0.6 is 0 Å². The maximum atomic E-state index is 12.5. The number of hydrogen-bond donors (Lipinski definition) is 2. The number of aromatic nitrogens is 1. The van der Waals surface area contributed by atoms with Crippen molar-refractivity contribution in [3.63, 3.8) is 0 Å². The molecule has 0 aliphatic carbocycles. The van der Waals surface area contributed by atoms with E-state index in [-0.39, 0.29) is 11.9 Å². The summed E-state index contributed by atoms with van der Waals surface area (Å²) in [6.45, 7) is 8.00. The number of amides is 3. The van der Waals surface area contributed by atoms with Crippen molar-refractivity contribution < 1.29 is 14.3 Å². The third-order valence-electron chi connectivity index (χ3n) is 5.09. The number of rotatable bonds is 9. The number of ether oxygens (including phenoxy) is 1. The van der Waals surface area contributed by atoms with E-state index < -0.39 is 0 Å². The van der Waals surface area contributed by atoms with Gasteiger partial charge in [0.2, 0.25) is 5.91 Å². The summed E-state index contributed by atoms with van der Waals surface area (Å²) in [6, 6.07) is 9.41. The summed E-state index contributed by atoms with van der Waals surface area (Å²) in [6.07, 6.45) is 4.84. The van der Waals surface area contributed by atoms with Gasteiger partial charge in [0.1, 0.15) is 18.2 Å². The number of nitrogens with two attached hydrogens (primary N) is 1. The van der Waals surface area contributed by atoms with Crippen LogP contribution in [0, 0.1) is 0 Å². The minimum atomic E-state index is -0.205. The molecule has 8 heteroatoms. The van der Waals surface area contributed by atoms with Gasteiger partial charge in [0.25, 0.3) is 0 Å². The second-order valence-corrected chi connectivity index (χ2v) is 7.63. The quantitative estimate of drug-likeness (QED) is 0.590. The molecule has 0 atom stereocenters. The Balaban J connectivity index is 1.55. The highest BCUT2D eigenvalue weighted by atomic mass is 16.5. The van der Waals surface area contributed by atoms with Crippen molar-refractivity contribution in [2.24, 2.45) is 5.73 Å². The van der Waals surface area contributed by atoms with E-state index in [0.29, 0.717) is 38.6 Å². The molecule has 32 heavy (non-hydrogen) atoms. The first-order valence-corrected chi connectivity index (χ1v) is 10.4. The lowest BCUT2D eigenvalue weighted by molar-refractivity contribution is -0.125. The Kier molecular flexibility index (Phi) is 7.62. The number of carbonyl (C=O) groups is 2. The van der Waals surface area contributed by atoms with Gasteiger partial charge in [-0.25, -0.2) is 9.78 Å². The second-order valence-electron chi connectivity index (χ2n) is 7.63. The fourth-order valence-corrected chi connectivity index (χ4v) is 3.29. The van der Waals surface area contributed by atoms with Crippen LogP contribution in [0.15, 0.2) is 49.2 Å². The molecule has 3 amide bonds. The lowest BCUT2D eigenvalue weighted by Crippen LogP contribution is -2.41. The Morgan fingerprint density at radius 2 is 2.19 bits per heavy atom. The fraction of sp³-hybridized carbons (Fsp3) is 0.292. The lowest BCUT2D eigenvalue weighted by Gasteiger charge is -2.28. The SMILES string of the molecule is C=C(C)c1ccccc1OCCN(C)C(=O)/C=C/c1cnc2c(c1)CN(CCN)C(=O)N2. The van der Waals surface area contributed by atoms with Crippen molar-refractivity contribution in [1.82, 2.24) is 14.8 Å². The Morgan fingerprint density at radius 1 is 1.41 bits per heavy atom. The van der Waals surface area contributed by atoms with Crippen LogP contribution in [0.3, 0.4) is 0 Å². The number of likely N-dealkylation sites (N-methyl/N-ethyl adjacent to an activating group) is 1. The lowest BCUT2D eigenvalue weighted by atomic mass is 10.1. The molecule has 1 aromatic carbocycles. The van der Waals surface area contributed by atoms with Crippen molar-refractivity contribution in [3.05, 3.63) is 65.9 Å². The number of para-hydroxylation sites is 1. The van der Waals surface area contributed by atoms with Crippen molar-refractivity contribution in [2.75, 3.05) is 38.6 Å². The van der Waals surface area contributed by atoms with Gasteiger partial charge < -0.3 is 20.3 Å². The first kappa shape index (κ1) is 23.0. The minimum absolute atomic E-state index is 0.141. The van der Waals surface area contributed by atoms with Crippen LogP contribution < -0.4 is 15.8 Å². The number of pyridine rings is 1. The molecular formula is C24H29N5O3. The molecule has 2 heterocycles. The van der Waals surface area contributed by atoms with Gasteiger partial charge in [-0.2, -0.15) is 0 Å². The average Bonchev–Trinajstić information content (AvgIpc) is 2.78. The maximum Gasteiger partial charge on any atom is 0.323 e. The molecule has 168 valence electrons.